The van der Waals surface area contributed by atoms with Crippen molar-refractivity contribution < 1.29 is 19.8 Å². The summed E-state index contributed by atoms with van der Waals surface area (Å²) in [6, 6.07) is 3.42. The minimum atomic E-state index is -1.35. The van der Waals surface area contributed by atoms with Crippen LogP contribution in [0.4, 0.5) is 0 Å². The summed E-state index contributed by atoms with van der Waals surface area (Å²) in [5, 5.41) is 20.8. The van der Waals surface area contributed by atoms with E-state index in [-0.39, 0.29) is 5.56 Å². The van der Waals surface area contributed by atoms with Gasteiger partial charge in [0.15, 0.2) is 6.04 Å². The number of aliphatic carboxylic acids is 1. The SMILES string of the molecule is Cc1c(Cl)cccc1C(=O)N[C@H](C(=O)O)[C@@H](C)O. The molecule has 1 aromatic carbocycles. The molecule has 0 aromatic heterocycles. The molecular formula is C12H14ClNO4. The van der Waals surface area contributed by atoms with Crippen molar-refractivity contribution in [2.75, 3.05) is 0 Å². The smallest absolute Gasteiger partial charge is 0.328 e. The van der Waals surface area contributed by atoms with E-state index in [0.29, 0.717) is 10.6 Å². The molecule has 0 unspecified atom stereocenters. The van der Waals surface area contributed by atoms with E-state index in [1.807, 2.05) is 0 Å². The second-order valence-corrected chi connectivity index (χ2v) is 4.35. The van der Waals surface area contributed by atoms with Crippen LogP contribution < -0.4 is 5.32 Å². The number of carbonyl (C=O) groups excluding carboxylic acids is 1. The van der Waals surface area contributed by atoms with Gasteiger partial charge < -0.3 is 15.5 Å². The predicted octanol–water partition coefficient (Wildman–Crippen LogP) is 1.21. The van der Waals surface area contributed by atoms with E-state index >= 15 is 0 Å². The highest BCUT2D eigenvalue weighted by molar-refractivity contribution is 6.31. The van der Waals surface area contributed by atoms with Crippen molar-refractivity contribution >= 4 is 23.5 Å². The van der Waals surface area contributed by atoms with Crippen LogP contribution in [0.2, 0.25) is 5.02 Å². The molecule has 0 radical (unpaired) electrons. The lowest BCUT2D eigenvalue weighted by atomic mass is 10.1. The van der Waals surface area contributed by atoms with E-state index in [0.717, 1.165) is 0 Å². The number of nitrogens with one attached hydrogen (secondary N) is 1. The van der Waals surface area contributed by atoms with Crippen LogP contribution in [0, 0.1) is 6.92 Å². The number of halogens is 1. The number of rotatable bonds is 4. The van der Waals surface area contributed by atoms with E-state index in [2.05, 4.69) is 5.32 Å². The molecule has 0 saturated carbocycles. The number of carboxylic acid groups (broad SMARTS) is 1. The number of carbonyl (C=O) groups is 2. The van der Waals surface area contributed by atoms with Crippen LogP contribution in [-0.2, 0) is 4.79 Å². The van der Waals surface area contributed by atoms with Crippen LogP contribution in [0.5, 0.6) is 0 Å². The molecule has 0 saturated heterocycles. The van der Waals surface area contributed by atoms with Crippen molar-refractivity contribution in [3.05, 3.63) is 34.3 Å². The van der Waals surface area contributed by atoms with Crippen molar-refractivity contribution in [3.63, 3.8) is 0 Å². The summed E-state index contributed by atoms with van der Waals surface area (Å²) in [7, 11) is 0. The Kier molecular flexibility index (Phi) is 4.69. The molecule has 1 rings (SSSR count). The van der Waals surface area contributed by atoms with Gasteiger partial charge in [0, 0.05) is 10.6 Å². The number of carboxylic acids is 1. The first-order valence-corrected chi connectivity index (χ1v) is 5.69. The fourth-order valence-corrected chi connectivity index (χ4v) is 1.64. The molecule has 3 N–H and O–H groups in total. The topological polar surface area (TPSA) is 86.6 Å². The van der Waals surface area contributed by atoms with Crippen LogP contribution >= 0.6 is 11.6 Å². The third kappa shape index (κ3) is 3.21. The molecule has 0 aliphatic carbocycles. The van der Waals surface area contributed by atoms with Gasteiger partial charge in [0.25, 0.3) is 5.91 Å². The fourth-order valence-electron chi connectivity index (χ4n) is 1.46. The quantitative estimate of drug-likeness (QED) is 0.768. The third-order valence-electron chi connectivity index (χ3n) is 2.55. The average molecular weight is 272 g/mol. The number of benzene rings is 1. The molecule has 1 aromatic rings. The molecule has 1 amide bonds. The largest absolute Gasteiger partial charge is 0.480 e. The Bertz CT molecular complexity index is 473. The van der Waals surface area contributed by atoms with Crippen molar-refractivity contribution in [1.29, 1.82) is 0 Å². The van der Waals surface area contributed by atoms with Gasteiger partial charge in [-0.1, -0.05) is 17.7 Å². The number of aliphatic hydroxyl groups excluding tert-OH is 1. The van der Waals surface area contributed by atoms with Gasteiger partial charge in [-0.15, -0.1) is 0 Å². The number of hydrogen-bond donors (Lipinski definition) is 3. The monoisotopic (exact) mass is 271 g/mol. The Morgan fingerprint density at radius 2 is 2.00 bits per heavy atom. The minimum absolute atomic E-state index is 0.286. The Hall–Kier alpha value is -1.59. The summed E-state index contributed by atoms with van der Waals surface area (Å²) in [6.45, 7) is 2.96. The van der Waals surface area contributed by atoms with Gasteiger partial charge in [0.1, 0.15) is 0 Å². The summed E-state index contributed by atoms with van der Waals surface area (Å²) in [4.78, 5) is 22.8. The Morgan fingerprint density at radius 3 is 2.50 bits per heavy atom. The Balaban J connectivity index is 2.94. The normalized spacial score (nSPS) is 13.8. The average Bonchev–Trinajstić information content (AvgIpc) is 2.28. The molecule has 5 nitrogen and oxygen atoms in total. The van der Waals surface area contributed by atoms with Crippen LogP contribution in [0.3, 0.4) is 0 Å². The lowest BCUT2D eigenvalue weighted by molar-refractivity contribution is -0.141. The van der Waals surface area contributed by atoms with Crippen molar-refractivity contribution in [2.24, 2.45) is 0 Å². The predicted molar refractivity (Wildman–Crippen MR) is 66.8 cm³/mol. The minimum Gasteiger partial charge on any atom is -0.480 e. The third-order valence-corrected chi connectivity index (χ3v) is 2.96. The summed E-state index contributed by atoms with van der Waals surface area (Å²) in [5.41, 5.74) is 0.848. The molecule has 18 heavy (non-hydrogen) atoms. The van der Waals surface area contributed by atoms with Crippen molar-refractivity contribution in [1.82, 2.24) is 5.32 Å². The van der Waals surface area contributed by atoms with E-state index < -0.39 is 24.0 Å². The number of amides is 1. The summed E-state index contributed by atoms with van der Waals surface area (Å²) < 4.78 is 0. The molecule has 0 heterocycles. The van der Waals surface area contributed by atoms with Crippen molar-refractivity contribution in [3.8, 4) is 0 Å². The highest BCUT2D eigenvalue weighted by Gasteiger charge is 2.26. The van der Waals surface area contributed by atoms with E-state index in [9.17, 15) is 14.7 Å². The van der Waals surface area contributed by atoms with Gasteiger partial charge in [-0.05, 0) is 31.5 Å². The van der Waals surface area contributed by atoms with E-state index in [4.69, 9.17) is 16.7 Å². The van der Waals surface area contributed by atoms with Crippen LogP contribution in [0.1, 0.15) is 22.8 Å². The van der Waals surface area contributed by atoms with Crippen LogP contribution in [0.25, 0.3) is 0 Å². The molecular weight excluding hydrogens is 258 g/mol. The second kappa shape index (κ2) is 5.84. The molecule has 2 atom stereocenters. The van der Waals surface area contributed by atoms with Gasteiger partial charge in [0.05, 0.1) is 6.10 Å². The molecule has 0 aliphatic rings. The van der Waals surface area contributed by atoms with Gasteiger partial charge in [-0.25, -0.2) is 4.79 Å². The van der Waals surface area contributed by atoms with Crippen molar-refractivity contribution in [2.45, 2.75) is 26.0 Å². The first-order chi connectivity index (χ1) is 8.34. The zero-order valence-corrected chi connectivity index (χ0v) is 10.7. The Morgan fingerprint density at radius 1 is 1.39 bits per heavy atom. The summed E-state index contributed by atoms with van der Waals surface area (Å²) in [5.74, 6) is -1.87. The number of hydrogen-bond acceptors (Lipinski definition) is 3. The maximum Gasteiger partial charge on any atom is 0.328 e. The first kappa shape index (κ1) is 14.5. The lowest BCUT2D eigenvalue weighted by Crippen LogP contribution is -2.47. The van der Waals surface area contributed by atoms with Gasteiger partial charge in [-0.2, -0.15) is 0 Å². The van der Waals surface area contributed by atoms with Gasteiger partial charge >= 0.3 is 5.97 Å². The highest BCUT2D eigenvalue weighted by atomic mass is 35.5. The lowest BCUT2D eigenvalue weighted by Gasteiger charge is -2.17. The molecule has 0 fully saturated rings. The number of aliphatic hydroxyl groups is 1. The standard InChI is InChI=1S/C12H14ClNO4/c1-6-8(4-3-5-9(6)13)11(16)14-10(7(2)15)12(17)18/h3-5,7,10,15H,1-2H3,(H,14,16)(H,17,18)/t7-,10+/m1/s1. The maximum absolute atomic E-state index is 11.9. The van der Waals surface area contributed by atoms with Gasteiger partial charge in [-0.3, -0.25) is 4.79 Å². The highest BCUT2D eigenvalue weighted by Crippen LogP contribution is 2.18. The Labute approximate surface area is 109 Å². The second-order valence-electron chi connectivity index (χ2n) is 3.94. The van der Waals surface area contributed by atoms with Crippen LogP contribution in [-0.4, -0.2) is 34.2 Å². The van der Waals surface area contributed by atoms with E-state index in [1.165, 1.54) is 13.0 Å². The van der Waals surface area contributed by atoms with Crippen LogP contribution in [0.15, 0.2) is 18.2 Å². The molecule has 6 heteroatoms. The molecule has 0 bridgehead atoms. The fraction of sp³-hybridized carbons (Fsp3) is 0.333. The zero-order chi connectivity index (χ0) is 13.9. The zero-order valence-electron chi connectivity index (χ0n) is 9.98. The summed E-state index contributed by atoms with van der Waals surface area (Å²) in [6.07, 6.45) is -1.19. The molecule has 0 spiro atoms. The molecule has 0 aliphatic heterocycles. The first-order valence-electron chi connectivity index (χ1n) is 5.31. The molecule has 98 valence electrons. The van der Waals surface area contributed by atoms with E-state index in [1.54, 1.807) is 19.1 Å². The maximum atomic E-state index is 11.9. The van der Waals surface area contributed by atoms with Gasteiger partial charge in [0.2, 0.25) is 0 Å². The summed E-state index contributed by atoms with van der Waals surface area (Å²) >= 11 is 5.87.